The lowest BCUT2D eigenvalue weighted by Gasteiger charge is -2.39. The molecule has 0 radical (unpaired) electrons. The Bertz CT molecular complexity index is 483. The minimum atomic E-state index is -0.810. The molecule has 0 aromatic heterocycles. The number of aryl methyl sites for hydroxylation is 1. The van der Waals surface area contributed by atoms with Gasteiger partial charge in [-0.2, -0.15) is 0 Å². The van der Waals surface area contributed by atoms with Crippen molar-refractivity contribution < 1.29 is 9.53 Å². The number of amides is 1. The normalized spacial score (nSPS) is 17.1. The Morgan fingerprint density at radius 1 is 1.37 bits per heavy atom. The molecular formula is C15H22N2O2. The molecular weight excluding hydrogens is 240 g/mol. The van der Waals surface area contributed by atoms with E-state index in [4.69, 9.17) is 10.5 Å². The molecule has 1 aromatic carbocycles. The van der Waals surface area contributed by atoms with Crippen LogP contribution < -0.4 is 15.4 Å². The van der Waals surface area contributed by atoms with Crippen LogP contribution in [0.2, 0.25) is 0 Å². The van der Waals surface area contributed by atoms with Crippen LogP contribution in [0.15, 0.2) is 18.2 Å². The lowest BCUT2D eigenvalue weighted by Crippen LogP contribution is -2.53. The van der Waals surface area contributed by atoms with Gasteiger partial charge in [0.1, 0.15) is 5.75 Å². The molecule has 0 spiro atoms. The van der Waals surface area contributed by atoms with Crippen LogP contribution in [0.4, 0.5) is 5.69 Å². The maximum Gasteiger partial charge on any atom is 0.270 e. The number of hydrogen-bond acceptors (Lipinski definition) is 3. The highest BCUT2D eigenvalue weighted by molar-refractivity contribution is 6.02. The van der Waals surface area contributed by atoms with E-state index in [1.165, 1.54) is 5.56 Å². The second kappa shape index (κ2) is 5.21. The molecule has 1 aromatic rings. The van der Waals surface area contributed by atoms with Crippen molar-refractivity contribution in [1.82, 2.24) is 0 Å². The molecule has 0 saturated carbocycles. The number of nitrogens with zero attached hydrogens (tertiary/aromatic N) is 1. The van der Waals surface area contributed by atoms with Gasteiger partial charge in [0, 0.05) is 6.54 Å². The second-order valence-corrected chi connectivity index (χ2v) is 5.37. The molecule has 0 bridgehead atoms. The van der Waals surface area contributed by atoms with Gasteiger partial charge in [0.25, 0.3) is 5.91 Å². The standard InChI is InChI=1S/C15H22N2O2/c1-4-11-6-7-13-12(10-11)17(9-5-8-16)14(18)15(2,3)19-13/h6-7,10H,4-5,8-9,16H2,1-3H3. The van der Waals surface area contributed by atoms with E-state index in [-0.39, 0.29) is 5.91 Å². The fourth-order valence-corrected chi connectivity index (χ4v) is 2.30. The average Bonchev–Trinajstić information content (AvgIpc) is 2.39. The van der Waals surface area contributed by atoms with Gasteiger partial charge in [0.15, 0.2) is 5.60 Å². The predicted octanol–water partition coefficient (Wildman–Crippen LogP) is 2.10. The van der Waals surface area contributed by atoms with Crippen LogP contribution in [-0.2, 0) is 11.2 Å². The zero-order chi connectivity index (χ0) is 14.0. The third kappa shape index (κ3) is 2.59. The van der Waals surface area contributed by atoms with E-state index in [1.807, 2.05) is 23.1 Å². The summed E-state index contributed by atoms with van der Waals surface area (Å²) >= 11 is 0. The fraction of sp³-hybridized carbons (Fsp3) is 0.533. The first-order valence-electron chi connectivity index (χ1n) is 6.83. The van der Waals surface area contributed by atoms with Gasteiger partial charge >= 0.3 is 0 Å². The Balaban J connectivity index is 2.43. The molecule has 1 aliphatic rings. The maximum atomic E-state index is 12.5. The Morgan fingerprint density at radius 2 is 2.11 bits per heavy atom. The fourth-order valence-electron chi connectivity index (χ4n) is 2.30. The van der Waals surface area contributed by atoms with E-state index >= 15 is 0 Å². The van der Waals surface area contributed by atoms with Crippen LogP contribution in [0.1, 0.15) is 32.8 Å². The molecule has 0 fully saturated rings. The van der Waals surface area contributed by atoms with Gasteiger partial charge in [-0.25, -0.2) is 0 Å². The van der Waals surface area contributed by atoms with Crippen LogP contribution in [0.25, 0.3) is 0 Å². The summed E-state index contributed by atoms with van der Waals surface area (Å²) < 4.78 is 5.82. The number of anilines is 1. The van der Waals surface area contributed by atoms with Crippen LogP contribution in [0, 0.1) is 0 Å². The van der Waals surface area contributed by atoms with Gasteiger partial charge in [-0.15, -0.1) is 0 Å². The van der Waals surface area contributed by atoms with Crippen molar-refractivity contribution in [2.75, 3.05) is 18.0 Å². The van der Waals surface area contributed by atoms with Crippen molar-refractivity contribution in [3.63, 3.8) is 0 Å². The monoisotopic (exact) mass is 262 g/mol. The lowest BCUT2D eigenvalue weighted by atomic mass is 10.0. The summed E-state index contributed by atoms with van der Waals surface area (Å²) in [5.74, 6) is 0.778. The summed E-state index contributed by atoms with van der Waals surface area (Å²) in [5.41, 5.74) is 6.83. The molecule has 4 nitrogen and oxygen atoms in total. The summed E-state index contributed by atoms with van der Waals surface area (Å²) in [7, 11) is 0. The zero-order valence-corrected chi connectivity index (χ0v) is 11.9. The van der Waals surface area contributed by atoms with Gasteiger partial charge in [-0.05, 0) is 50.9 Å². The average molecular weight is 262 g/mol. The van der Waals surface area contributed by atoms with E-state index in [9.17, 15) is 4.79 Å². The van der Waals surface area contributed by atoms with E-state index in [0.29, 0.717) is 13.1 Å². The summed E-state index contributed by atoms with van der Waals surface area (Å²) in [6.45, 7) is 6.93. The predicted molar refractivity (Wildman–Crippen MR) is 76.6 cm³/mol. The first-order chi connectivity index (χ1) is 8.99. The highest BCUT2D eigenvalue weighted by Gasteiger charge is 2.40. The molecule has 0 saturated heterocycles. The minimum absolute atomic E-state index is 0.00158. The van der Waals surface area contributed by atoms with Crippen molar-refractivity contribution in [2.45, 2.75) is 39.2 Å². The molecule has 1 aliphatic heterocycles. The summed E-state index contributed by atoms with van der Waals surface area (Å²) in [5, 5.41) is 0. The van der Waals surface area contributed by atoms with E-state index in [0.717, 1.165) is 24.3 Å². The Morgan fingerprint density at radius 3 is 2.74 bits per heavy atom. The minimum Gasteiger partial charge on any atom is -0.476 e. The topological polar surface area (TPSA) is 55.6 Å². The van der Waals surface area contributed by atoms with Crippen LogP contribution in [-0.4, -0.2) is 24.6 Å². The highest BCUT2D eigenvalue weighted by atomic mass is 16.5. The van der Waals surface area contributed by atoms with Crippen LogP contribution in [0.5, 0.6) is 5.75 Å². The molecule has 1 heterocycles. The summed E-state index contributed by atoms with van der Waals surface area (Å²) in [4.78, 5) is 14.3. The van der Waals surface area contributed by atoms with Crippen LogP contribution in [0.3, 0.4) is 0 Å². The maximum absolute atomic E-state index is 12.5. The van der Waals surface area contributed by atoms with Crippen molar-refractivity contribution in [3.05, 3.63) is 23.8 Å². The molecule has 0 unspecified atom stereocenters. The van der Waals surface area contributed by atoms with E-state index in [2.05, 4.69) is 6.92 Å². The SMILES string of the molecule is CCc1ccc2c(c1)N(CCCN)C(=O)C(C)(C)O2. The molecule has 4 heteroatoms. The Kier molecular flexibility index (Phi) is 3.80. The molecule has 1 amide bonds. The van der Waals surface area contributed by atoms with Gasteiger partial charge in [-0.3, -0.25) is 4.79 Å². The van der Waals surface area contributed by atoms with Crippen molar-refractivity contribution in [3.8, 4) is 5.75 Å². The smallest absolute Gasteiger partial charge is 0.270 e. The van der Waals surface area contributed by atoms with E-state index in [1.54, 1.807) is 13.8 Å². The van der Waals surface area contributed by atoms with Gasteiger partial charge in [0.05, 0.1) is 5.69 Å². The van der Waals surface area contributed by atoms with E-state index < -0.39 is 5.60 Å². The second-order valence-electron chi connectivity index (χ2n) is 5.37. The third-order valence-electron chi connectivity index (χ3n) is 3.43. The number of fused-ring (bicyclic) bond motifs is 1. The molecule has 0 aliphatic carbocycles. The lowest BCUT2D eigenvalue weighted by molar-refractivity contribution is -0.132. The first-order valence-corrected chi connectivity index (χ1v) is 6.83. The number of hydrogen-bond donors (Lipinski definition) is 1. The zero-order valence-electron chi connectivity index (χ0n) is 11.9. The Labute approximate surface area is 114 Å². The van der Waals surface area contributed by atoms with Crippen molar-refractivity contribution >= 4 is 11.6 Å². The summed E-state index contributed by atoms with van der Waals surface area (Å²) in [6, 6.07) is 6.04. The Hall–Kier alpha value is -1.55. The molecule has 0 atom stereocenters. The number of rotatable bonds is 4. The highest BCUT2D eigenvalue weighted by Crippen LogP contribution is 2.38. The number of carbonyl (C=O) groups excluding carboxylic acids is 1. The molecule has 2 rings (SSSR count). The van der Waals surface area contributed by atoms with Gasteiger partial charge in [-0.1, -0.05) is 13.0 Å². The quantitative estimate of drug-likeness (QED) is 0.904. The molecule has 2 N–H and O–H groups in total. The number of ether oxygens (including phenoxy) is 1. The number of benzene rings is 1. The third-order valence-corrected chi connectivity index (χ3v) is 3.43. The number of carbonyl (C=O) groups is 1. The van der Waals surface area contributed by atoms with Crippen molar-refractivity contribution in [1.29, 1.82) is 0 Å². The first kappa shape index (κ1) is 13.9. The van der Waals surface area contributed by atoms with Crippen LogP contribution >= 0.6 is 0 Å². The summed E-state index contributed by atoms with van der Waals surface area (Å²) in [6.07, 6.45) is 1.73. The van der Waals surface area contributed by atoms with Crippen molar-refractivity contribution in [2.24, 2.45) is 5.73 Å². The van der Waals surface area contributed by atoms with Gasteiger partial charge in [0.2, 0.25) is 0 Å². The largest absolute Gasteiger partial charge is 0.476 e. The molecule has 104 valence electrons. The van der Waals surface area contributed by atoms with Gasteiger partial charge < -0.3 is 15.4 Å². The molecule has 19 heavy (non-hydrogen) atoms. The number of nitrogens with two attached hydrogens (primary N) is 1.